The molecular formula is C16H19F2NO2. The van der Waals surface area contributed by atoms with Gasteiger partial charge in [-0.25, -0.2) is 8.78 Å². The first-order chi connectivity index (χ1) is 10.1. The van der Waals surface area contributed by atoms with Crippen LogP contribution in [0.5, 0.6) is 0 Å². The van der Waals surface area contributed by atoms with Crippen LogP contribution in [0.4, 0.5) is 14.5 Å². The second-order valence-corrected chi connectivity index (χ2v) is 5.49. The molecule has 2 rings (SSSR count). The van der Waals surface area contributed by atoms with Crippen LogP contribution in [0.25, 0.3) is 0 Å². The first-order valence-electron chi connectivity index (χ1n) is 7.25. The molecule has 0 bridgehead atoms. The number of carbonyl (C=O) groups excluding carboxylic acids is 2. The van der Waals surface area contributed by atoms with Crippen molar-refractivity contribution in [1.82, 2.24) is 0 Å². The van der Waals surface area contributed by atoms with Crippen molar-refractivity contribution in [3.05, 3.63) is 29.3 Å². The van der Waals surface area contributed by atoms with Crippen LogP contribution in [-0.2, 0) is 9.59 Å². The Kier molecular flexibility index (Phi) is 5.04. The van der Waals surface area contributed by atoms with E-state index >= 15 is 0 Å². The van der Waals surface area contributed by atoms with E-state index in [1.165, 1.54) is 12.1 Å². The van der Waals surface area contributed by atoms with Crippen molar-refractivity contribution in [3.8, 4) is 0 Å². The van der Waals surface area contributed by atoms with Gasteiger partial charge in [0, 0.05) is 36.2 Å². The van der Waals surface area contributed by atoms with Crippen molar-refractivity contribution >= 4 is 18.3 Å². The third kappa shape index (κ3) is 3.28. The van der Waals surface area contributed by atoms with Crippen LogP contribution in [0.15, 0.2) is 12.1 Å². The average Bonchev–Trinajstić information content (AvgIpc) is 2.94. The zero-order valence-corrected chi connectivity index (χ0v) is 12.0. The quantitative estimate of drug-likeness (QED) is 0.757. The van der Waals surface area contributed by atoms with E-state index in [-0.39, 0.29) is 11.5 Å². The van der Waals surface area contributed by atoms with E-state index in [9.17, 15) is 18.4 Å². The maximum Gasteiger partial charge on any atom is 0.132 e. The van der Waals surface area contributed by atoms with Gasteiger partial charge in [0.25, 0.3) is 0 Å². The summed E-state index contributed by atoms with van der Waals surface area (Å²) in [5.74, 6) is -2.21. The van der Waals surface area contributed by atoms with Crippen molar-refractivity contribution in [3.63, 3.8) is 0 Å². The second kappa shape index (κ2) is 6.78. The minimum atomic E-state index is -0.745. The van der Waals surface area contributed by atoms with E-state index in [1.807, 2.05) is 6.92 Å². The fourth-order valence-electron chi connectivity index (χ4n) is 2.83. The summed E-state index contributed by atoms with van der Waals surface area (Å²) in [6.45, 7) is 2.95. The first kappa shape index (κ1) is 15.6. The molecule has 0 aromatic heterocycles. The number of nitrogens with zero attached hydrogens (tertiary/aromatic N) is 1. The van der Waals surface area contributed by atoms with Crippen LogP contribution < -0.4 is 4.90 Å². The van der Waals surface area contributed by atoms with Gasteiger partial charge in [0.2, 0.25) is 0 Å². The fourth-order valence-corrected chi connectivity index (χ4v) is 2.83. The summed E-state index contributed by atoms with van der Waals surface area (Å²) in [4.78, 5) is 23.6. The molecule has 114 valence electrons. The lowest BCUT2D eigenvalue weighted by atomic mass is 9.94. The van der Waals surface area contributed by atoms with Gasteiger partial charge in [-0.05, 0) is 25.0 Å². The van der Waals surface area contributed by atoms with Gasteiger partial charge >= 0.3 is 0 Å². The molecule has 1 aliphatic rings. The van der Waals surface area contributed by atoms with Crippen molar-refractivity contribution in [1.29, 1.82) is 0 Å². The van der Waals surface area contributed by atoms with Gasteiger partial charge in [-0.15, -0.1) is 0 Å². The summed E-state index contributed by atoms with van der Waals surface area (Å²) in [5.41, 5.74) is 0.279. The topological polar surface area (TPSA) is 37.4 Å². The number of aldehydes is 2. The molecule has 0 amide bonds. The molecule has 0 spiro atoms. The minimum Gasteiger partial charge on any atom is -0.371 e. The molecule has 1 saturated heterocycles. The summed E-state index contributed by atoms with van der Waals surface area (Å²) < 4.78 is 28.4. The highest BCUT2D eigenvalue weighted by molar-refractivity contribution is 5.64. The largest absolute Gasteiger partial charge is 0.371 e. The maximum absolute atomic E-state index is 14.2. The van der Waals surface area contributed by atoms with E-state index in [4.69, 9.17) is 0 Å². The Morgan fingerprint density at radius 3 is 2.48 bits per heavy atom. The molecule has 0 N–H and O–H groups in total. The highest BCUT2D eigenvalue weighted by Crippen LogP contribution is 2.31. The van der Waals surface area contributed by atoms with Crippen molar-refractivity contribution in [2.24, 2.45) is 5.92 Å². The predicted molar refractivity (Wildman–Crippen MR) is 76.5 cm³/mol. The molecule has 3 nitrogen and oxygen atoms in total. The normalized spacial score (nSPS) is 19.6. The van der Waals surface area contributed by atoms with Crippen molar-refractivity contribution in [2.45, 2.75) is 32.1 Å². The molecule has 2 unspecified atom stereocenters. The zero-order chi connectivity index (χ0) is 15.4. The third-order valence-electron chi connectivity index (χ3n) is 3.98. The smallest absolute Gasteiger partial charge is 0.132 e. The summed E-state index contributed by atoms with van der Waals surface area (Å²) in [6, 6.07) is 2.52. The molecule has 1 heterocycles. The number of anilines is 1. The number of carbonyl (C=O) groups is 2. The highest BCUT2D eigenvalue weighted by Gasteiger charge is 2.25. The van der Waals surface area contributed by atoms with Crippen molar-refractivity contribution < 1.29 is 18.4 Å². The van der Waals surface area contributed by atoms with Gasteiger partial charge in [-0.1, -0.05) is 13.3 Å². The monoisotopic (exact) mass is 295 g/mol. The third-order valence-corrected chi connectivity index (χ3v) is 3.98. The predicted octanol–water partition coefficient (Wildman–Crippen LogP) is 3.07. The Labute approximate surface area is 122 Å². The molecule has 1 fully saturated rings. The summed E-state index contributed by atoms with van der Waals surface area (Å²) in [7, 11) is 0. The number of halogens is 2. The lowest BCUT2D eigenvalue weighted by molar-refractivity contribution is -0.110. The maximum atomic E-state index is 14.2. The lowest BCUT2D eigenvalue weighted by Crippen LogP contribution is -2.21. The van der Waals surface area contributed by atoms with E-state index in [2.05, 4.69) is 0 Å². The Hall–Kier alpha value is -1.78. The minimum absolute atomic E-state index is 0.0846. The summed E-state index contributed by atoms with van der Waals surface area (Å²) in [5, 5.41) is 0. The van der Waals surface area contributed by atoms with E-state index < -0.39 is 17.6 Å². The summed E-state index contributed by atoms with van der Waals surface area (Å²) >= 11 is 0. The molecule has 21 heavy (non-hydrogen) atoms. The SMILES string of the molecule is CCCC(C=O)c1c(F)cc(N2CCC(C=O)C2)cc1F. The van der Waals surface area contributed by atoms with Crippen LogP contribution >= 0.6 is 0 Å². The van der Waals surface area contributed by atoms with Crippen LogP contribution in [-0.4, -0.2) is 25.7 Å². The van der Waals surface area contributed by atoms with Crippen LogP contribution in [0, 0.1) is 17.6 Å². The van der Waals surface area contributed by atoms with Gasteiger partial charge in [-0.3, -0.25) is 0 Å². The molecule has 1 aromatic carbocycles. The van der Waals surface area contributed by atoms with Crippen LogP contribution in [0.3, 0.4) is 0 Å². The summed E-state index contributed by atoms with van der Waals surface area (Å²) in [6.07, 6.45) is 3.28. The van der Waals surface area contributed by atoms with Gasteiger partial charge in [0.15, 0.2) is 0 Å². The molecule has 0 saturated carbocycles. The number of hydrogen-bond acceptors (Lipinski definition) is 3. The number of hydrogen-bond donors (Lipinski definition) is 0. The van der Waals surface area contributed by atoms with E-state index in [0.717, 1.165) is 6.29 Å². The van der Waals surface area contributed by atoms with Crippen LogP contribution in [0.1, 0.15) is 37.7 Å². The van der Waals surface area contributed by atoms with Gasteiger partial charge in [0.1, 0.15) is 24.2 Å². The van der Waals surface area contributed by atoms with Gasteiger partial charge < -0.3 is 14.5 Å². The zero-order valence-electron chi connectivity index (χ0n) is 12.0. The molecule has 0 radical (unpaired) electrons. The molecule has 1 aromatic rings. The van der Waals surface area contributed by atoms with Crippen molar-refractivity contribution in [2.75, 3.05) is 18.0 Å². The standard InChI is InChI=1S/C16H19F2NO2/c1-2-3-12(10-21)16-14(17)6-13(7-15(16)18)19-5-4-11(8-19)9-20/h6-7,9-12H,2-5,8H2,1H3. The second-order valence-electron chi connectivity index (χ2n) is 5.49. The Balaban J connectivity index is 2.28. The lowest BCUT2D eigenvalue weighted by Gasteiger charge is -2.20. The molecule has 1 aliphatic heterocycles. The van der Waals surface area contributed by atoms with E-state index in [0.29, 0.717) is 44.3 Å². The molecular weight excluding hydrogens is 276 g/mol. The van der Waals surface area contributed by atoms with E-state index in [1.54, 1.807) is 4.90 Å². The molecule has 0 aliphatic carbocycles. The molecule has 2 atom stereocenters. The average molecular weight is 295 g/mol. The Morgan fingerprint density at radius 2 is 2.00 bits per heavy atom. The molecule has 5 heteroatoms. The highest BCUT2D eigenvalue weighted by atomic mass is 19.1. The van der Waals surface area contributed by atoms with Gasteiger partial charge in [-0.2, -0.15) is 0 Å². The fraction of sp³-hybridized carbons (Fsp3) is 0.500. The van der Waals surface area contributed by atoms with Gasteiger partial charge in [0.05, 0.1) is 0 Å². The van der Waals surface area contributed by atoms with Crippen LogP contribution in [0.2, 0.25) is 0 Å². The Morgan fingerprint density at radius 1 is 1.33 bits per heavy atom. The first-order valence-corrected chi connectivity index (χ1v) is 7.25. The Bertz CT molecular complexity index is 510. The number of benzene rings is 1. The number of rotatable bonds is 6.